The summed E-state index contributed by atoms with van der Waals surface area (Å²) in [4.78, 5) is 4.56. The lowest BCUT2D eigenvalue weighted by atomic mass is 10.2. The molecule has 0 N–H and O–H groups in total. The molecule has 1 heterocycles. The third-order valence-corrected chi connectivity index (χ3v) is 4.05. The summed E-state index contributed by atoms with van der Waals surface area (Å²) in [5.41, 5.74) is 1.73. The fraction of sp³-hybridized carbons (Fsp3) is 0.133. The maximum Gasteiger partial charge on any atom is 0.162 e. The lowest BCUT2D eigenvalue weighted by Gasteiger charge is -2.05. The molecule has 0 saturated heterocycles. The molecule has 0 aliphatic carbocycles. The van der Waals surface area contributed by atoms with E-state index in [2.05, 4.69) is 4.98 Å². The first-order valence-corrected chi connectivity index (χ1v) is 6.81. The van der Waals surface area contributed by atoms with Crippen LogP contribution in [0.25, 0.3) is 20.8 Å². The maximum atomic E-state index is 13.0. The number of aromatic nitrogens is 1. The summed E-state index contributed by atoms with van der Waals surface area (Å²) in [5, 5.41) is 0.843. The number of hydrogen-bond acceptors (Lipinski definition) is 4. The number of fused-ring (bicyclic) bond motifs is 1. The third kappa shape index (κ3) is 2.20. The molecule has 3 aromatic rings. The average molecular weight is 289 g/mol. The van der Waals surface area contributed by atoms with E-state index in [-0.39, 0.29) is 5.82 Å². The van der Waals surface area contributed by atoms with Crippen molar-refractivity contribution in [2.24, 2.45) is 0 Å². The van der Waals surface area contributed by atoms with Crippen molar-refractivity contribution < 1.29 is 13.9 Å². The summed E-state index contributed by atoms with van der Waals surface area (Å²) in [6.45, 7) is 0. The first kappa shape index (κ1) is 12.9. The molecule has 3 nitrogen and oxygen atoms in total. The van der Waals surface area contributed by atoms with Crippen LogP contribution < -0.4 is 9.47 Å². The van der Waals surface area contributed by atoms with E-state index in [1.807, 2.05) is 12.1 Å². The van der Waals surface area contributed by atoms with Crippen LogP contribution in [0.15, 0.2) is 36.4 Å². The van der Waals surface area contributed by atoms with Crippen LogP contribution >= 0.6 is 11.3 Å². The van der Waals surface area contributed by atoms with Gasteiger partial charge in [-0.15, -0.1) is 11.3 Å². The summed E-state index contributed by atoms with van der Waals surface area (Å²) in [5.74, 6) is 1.07. The zero-order chi connectivity index (χ0) is 14.1. The standard InChI is InChI=1S/C15H12FNO2S/c1-18-12-7-11-14(8-13(12)19-2)20-15(17-11)9-3-5-10(16)6-4-9/h3-8H,1-2H3. The van der Waals surface area contributed by atoms with E-state index in [1.54, 1.807) is 26.4 Å². The Hall–Kier alpha value is -2.14. The molecule has 1 aromatic heterocycles. The number of rotatable bonds is 3. The fourth-order valence-corrected chi connectivity index (χ4v) is 2.95. The molecule has 0 radical (unpaired) electrons. The van der Waals surface area contributed by atoms with E-state index in [4.69, 9.17) is 9.47 Å². The Bertz CT molecular complexity index is 711. The van der Waals surface area contributed by atoms with E-state index < -0.39 is 0 Å². The number of nitrogens with zero attached hydrogens (tertiary/aromatic N) is 1. The lowest BCUT2D eigenvalue weighted by molar-refractivity contribution is 0.356. The van der Waals surface area contributed by atoms with Crippen molar-refractivity contribution in [3.63, 3.8) is 0 Å². The van der Waals surface area contributed by atoms with Crippen LogP contribution in [-0.2, 0) is 0 Å². The minimum absolute atomic E-state index is 0.252. The van der Waals surface area contributed by atoms with Crippen molar-refractivity contribution in [2.45, 2.75) is 0 Å². The van der Waals surface area contributed by atoms with E-state index in [9.17, 15) is 4.39 Å². The molecular formula is C15H12FNO2S. The minimum Gasteiger partial charge on any atom is -0.493 e. The van der Waals surface area contributed by atoms with Gasteiger partial charge in [-0.25, -0.2) is 9.37 Å². The van der Waals surface area contributed by atoms with Gasteiger partial charge in [-0.3, -0.25) is 0 Å². The monoisotopic (exact) mass is 289 g/mol. The smallest absolute Gasteiger partial charge is 0.162 e. The summed E-state index contributed by atoms with van der Waals surface area (Å²) in [6.07, 6.45) is 0. The number of hydrogen-bond donors (Lipinski definition) is 0. The highest BCUT2D eigenvalue weighted by Crippen LogP contribution is 2.37. The van der Waals surface area contributed by atoms with Crippen molar-refractivity contribution in [3.8, 4) is 22.1 Å². The third-order valence-electron chi connectivity index (χ3n) is 2.98. The van der Waals surface area contributed by atoms with Crippen LogP contribution in [0.1, 0.15) is 0 Å². The maximum absolute atomic E-state index is 13.0. The Labute approximate surface area is 119 Å². The lowest BCUT2D eigenvalue weighted by Crippen LogP contribution is -1.89. The normalized spacial score (nSPS) is 10.8. The van der Waals surface area contributed by atoms with Crippen LogP contribution in [0.4, 0.5) is 4.39 Å². The second-order valence-electron chi connectivity index (χ2n) is 4.20. The van der Waals surface area contributed by atoms with Crippen molar-refractivity contribution in [1.82, 2.24) is 4.98 Å². The van der Waals surface area contributed by atoms with Gasteiger partial charge in [0.15, 0.2) is 11.5 Å². The Morgan fingerprint density at radius 1 is 1.00 bits per heavy atom. The fourth-order valence-electron chi connectivity index (χ4n) is 1.97. The largest absolute Gasteiger partial charge is 0.493 e. The van der Waals surface area contributed by atoms with Crippen LogP contribution in [0.3, 0.4) is 0 Å². The summed E-state index contributed by atoms with van der Waals surface area (Å²) >= 11 is 1.54. The summed E-state index contributed by atoms with van der Waals surface area (Å²) in [6, 6.07) is 10.1. The Balaban J connectivity index is 2.12. The molecule has 0 atom stereocenters. The van der Waals surface area contributed by atoms with Gasteiger partial charge < -0.3 is 9.47 Å². The second kappa shape index (κ2) is 5.09. The highest BCUT2D eigenvalue weighted by Gasteiger charge is 2.11. The summed E-state index contributed by atoms with van der Waals surface area (Å²) in [7, 11) is 3.20. The van der Waals surface area contributed by atoms with Gasteiger partial charge in [0.1, 0.15) is 10.8 Å². The second-order valence-corrected chi connectivity index (χ2v) is 5.23. The minimum atomic E-state index is -0.252. The molecule has 0 amide bonds. The molecule has 3 rings (SSSR count). The molecule has 0 spiro atoms. The van der Waals surface area contributed by atoms with Crippen LogP contribution in [0.2, 0.25) is 0 Å². The summed E-state index contributed by atoms with van der Waals surface area (Å²) < 4.78 is 24.5. The molecule has 0 bridgehead atoms. The van der Waals surface area contributed by atoms with Gasteiger partial charge in [-0.05, 0) is 24.3 Å². The van der Waals surface area contributed by atoms with Crippen molar-refractivity contribution in [3.05, 3.63) is 42.2 Å². The predicted octanol–water partition coefficient (Wildman–Crippen LogP) is 4.12. The molecule has 0 unspecified atom stereocenters. The Morgan fingerprint density at radius 3 is 2.30 bits per heavy atom. The van der Waals surface area contributed by atoms with Gasteiger partial charge in [-0.2, -0.15) is 0 Å². The zero-order valence-electron chi connectivity index (χ0n) is 11.0. The number of benzene rings is 2. The van der Waals surface area contributed by atoms with Crippen LogP contribution in [-0.4, -0.2) is 19.2 Å². The molecule has 2 aromatic carbocycles. The quantitative estimate of drug-likeness (QED) is 0.727. The molecule has 0 aliphatic rings. The van der Waals surface area contributed by atoms with E-state index in [0.29, 0.717) is 11.5 Å². The van der Waals surface area contributed by atoms with Gasteiger partial charge in [0, 0.05) is 17.7 Å². The van der Waals surface area contributed by atoms with Crippen molar-refractivity contribution in [2.75, 3.05) is 14.2 Å². The first-order valence-electron chi connectivity index (χ1n) is 6.00. The van der Waals surface area contributed by atoms with Gasteiger partial charge in [-0.1, -0.05) is 0 Å². The molecule has 5 heteroatoms. The Morgan fingerprint density at radius 2 is 1.65 bits per heavy atom. The predicted molar refractivity (Wildman–Crippen MR) is 78.1 cm³/mol. The van der Waals surface area contributed by atoms with E-state index >= 15 is 0 Å². The highest BCUT2D eigenvalue weighted by atomic mass is 32.1. The zero-order valence-corrected chi connectivity index (χ0v) is 11.8. The number of thiazole rings is 1. The van der Waals surface area contributed by atoms with Crippen LogP contribution in [0.5, 0.6) is 11.5 Å². The molecular weight excluding hydrogens is 277 g/mol. The first-order chi connectivity index (χ1) is 9.71. The molecule has 0 fully saturated rings. The molecule has 0 saturated carbocycles. The highest BCUT2D eigenvalue weighted by molar-refractivity contribution is 7.21. The number of methoxy groups -OCH3 is 2. The molecule has 102 valence electrons. The van der Waals surface area contributed by atoms with Crippen LogP contribution in [0, 0.1) is 5.82 Å². The van der Waals surface area contributed by atoms with Gasteiger partial charge in [0.25, 0.3) is 0 Å². The van der Waals surface area contributed by atoms with Crippen molar-refractivity contribution in [1.29, 1.82) is 0 Å². The van der Waals surface area contributed by atoms with E-state index in [1.165, 1.54) is 23.5 Å². The topological polar surface area (TPSA) is 31.4 Å². The molecule has 0 aliphatic heterocycles. The van der Waals surface area contributed by atoms with Gasteiger partial charge >= 0.3 is 0 Å². The van der Waals surface area contributed by atoms with Crippen molar-refractivity contribution >= 4 is 21.6 Å². The van der Waals surface area contributed by atoms with Gasteiger partial charge in [0.2, 0.25) is 0 Å². The Kier molecular flexibility index (Phi) is 3.28. The van der Waals surface area contributed by atoms with E-state index in [0.717, 1.165) is 20.8 Å². The molecule has 20 heavy (non-hydrogen) atoms. The average Bonchev–Trinajstić information content (AvgIpc) is 2.89. The number of ether oxygens (including phenoxy) is 2. The SMILES string of the molecule is COc1cc2nc(-c3ccc(F)cc3)sc2cc1OC. The van der Waals surface area contributed by atoms with Gasteiger partial charge in [0.05, 0.1) is 24.4 Å². The number of halogens is 1.